The smallest absolute Gasteiger partial charge is 0.124 e. The molecule has 0 bridgehead atoms. The van der Waals surface area contributed by atoms with E-state index in [4.69, 9.17) is 8.53 Å². The van der Waals surface area contributed by atoms with E-state index < -0.39 is 20.1 Å². The first-order valence-corrected chi connectivity index (χ1v) is 26.3. The van der Waals surface area contributed by atoms with E-state index in [9.17, 15) is 0 Å². The monoisotopic (exact) mass is 960 g/mol. The molecule has 1 saturated carbocycles. The third-order valence-corrected chi connectivity index (χ3v) is 14.8. The Hall–Kier alpha value is -4.61. The van der Waals surface area contributed by atoms with E-state index in [2.05, 4.69) is 130 Å². The van der Waals surface area contributed by atoms with Crippen LogP contribution in [0.4, 0.5) is 0 Å². The van der Waals surface area contributed by atoms with Crippen molar-refractivity contribution in [2.75, 3.05) is 0 Å². The third kappa shape index (κ3) is 8.94. The summed E-state index contributed by atoms with van der Waals surface area (Å²) < 4.78 is 29.7. The second-order valence-corrected chi connectivity index (χ2v) is 26.1. The molecule has 0 saturated heterocycles. The van der Waals surface area contributed by atoms with E-state index in [-0.39, 0.29) is 20.1 Å². The summed E-state index contributed by atoms with van der Waals surface area (Å²) in [5, 5.41) is 2.22. The quantitative estimate of drug-likeness (QED) is 0.118. The molecule has 9 rings (SSSR count). The zero-order chi connectivity index (χ0) is 39.6. The molecule has 1 aliphatic carbocycles. The Morgan fingerprint density at radius 3 is 2.22 bits per heavy atom. The maximum atomic E-state index is 7.35. The van der Waals surface area contributed by atoms with Gasteiger partial charge in [-0.25, -0.2) is 0 Å². The second-order valence-electron chi connectivity index (χ2n) is 15.4. The van der Waals surface area contributed by atoms with Crippen LogP contribution in [0, 0.1) is 24.9 Å². The number of hydrogen-bond donors (Lipinski definition) is 0. The van der Waals surface area contributed by atoms with Gasteiger partial charge in [-0.2, -0.15) is 0 Å². The predicted molar refractivity (Wildman–Crippen MR) is 229 cm³/mol. The molecule has 1 radical (unpaired) electrons. The number of fused-ring (bicyclic) bond motifs is 3. The largest absolute Gasteiger partial charge is 0.477 e. The SMILES string of the molecule is [2H]C([2H])([2H])c1c[c-]c(-c2cc[c]([Ge]([CH3])([CH3])[CH3])cn2)cc1.[Ir].[c-]1c(-c2cc(CC3CCCC3)ccn2)ccc2c1oc1cccc(-c3ccc(-c4ccccc4)cc3)c12. The molecule has 3 heterocycles. The van der Waals surface area contributed by atoms with Crippen molar-refractivity contribution in [2.24, 2.45) is 5.92 Å². The van der Waals surface area contributed by atoms with Gasteiger partial charge in [0, 0.05) is 26.3 Å². The maximum absolute atomic E-state index is 7.35. The Morgan fingerprint density at radius 1 is 0.745 bits per heavy atom. The number of benzene rings is 5. The summed E-state index contributed by atoms with van der Waals surface area (Å²) in [5.74, 6) is 7.80. The molecule has 0 unspecified atom stereocenters. The predicted octanol–water partition coefficient (Wildman–Crippen LogP) is 12.9. The fraction of sp³-hybridized carbons (Fsp3) is 0.200. The van der Waals surface area contributed by atoms with Crippen LogP contribution in [0.5, 0.6) is 0 Å². The Bertz CT molecular complexity index is 2550. The van der Waals surface area contributed by atoms with Gasteiger partial charge in [-0.3, -0.25) is 0 Å². The van der Waals surface area contributed by atoms with Crippen LogP contribution >= 0.6 is 0 Å². The number of aryl methyl sites for hydroxylation is 1. The van der Waals surface area contributed by atoms with Gasteiger partial charge < -0.3 is 9.40 Å². The number of pyridine rings is 2. The molecular weight excluding hydrogens is 909 g/mol. The second kappa shape index (κ2) is 17.0. The van der Waals surface area contributed by atoms with Crippen molar-refractivity contribution in [3.05, 3.63) is 163 Å². The molecule has 3 aromatic heterocycles. The van der Waals surface area contributed by atoms with E-state index in [0.717, 1.165) is 56.8 Å². The van der Waals surface area contributed by atoms with Crippen molar-refractivity contribution in [3.63, 3.8) is 0 Å². The van der Waals surface area contributed by atoms with Gasteiger partial charge in [-0.15, -0.1) is 17.7 Å². The normalized spacial score (nSPS) is 14.1. The molecule has 5 heteroatoms. The van der Waals surface area contributed by atoms with Crippen LogP contribution in [0.25, 0.3) is 66.7 Å². The molecule has 1 fully saturated rings. The topological polar surface area (TPSA) is 38.9 Å². The van der Waals surface area contributed by atoms with Gasteiger partial charge in [-0.05, 0) is 57.8 Å². The fourth-order valence-corrected chi connectivity index (χ4v) is 9.67. The van der Waals surface area contributed by atoms with Gasteiger partial charge in [0.05, 0.1) is 5.58 Å². The number of aromatic nitrogens is 2. The first-order chi connectivity index (χ1) is 27.5. The van der Waals surface area contributed by atoms with Crippen LogP contribution < -0.4 is 4.40 Å². The van der Waals surface area contributed by atoms with E-state index in [1.54, 1.807) is 12.1 Å². The van der Waals surface area contributed by atoms with Crippen LogP contribution in [0.15, 0.2) is 144 Å². The van der Waals surface area contributed by atoms with Gasteiger partial charge in [-0.1, -0.05) is 115 Å². The molecule has 0 atom stereocenters. The van der Waals surface area contributed by atoms with Gasteiger partial charge >= 0.3 is 110 Å². The van der Waals surface area contributed by atoms with Crippen molar-refractivity contribution in [1.82, 2.24) is 9.97 Å². The van der Waals surface area contributed by atoms with E-state index >= 15 is 0 Å². The minimum atomic E-state index is -2.08. The third-order valence-electron chi connectivity index (χ3n) is 10.5. The molecule has 0 N–H and O–H groups in total. The van der Waals surface area contributed by atoms with Crippen LogP contribution in [0.3, 0.4) is 0 Å². The number of nitrogens with zero attached hydrogens (tertiary/aromatic N) is 2. The molecule has 0 spiro atoms. The van der Waals surface area contributed by atoms with E-state index in [1.165, 1.54) is 64.0 Å². The summed E-state index contributed by atoms with van der Waals surface area (Å²) in [6.45, 7) is -2.08. The summed E-state index contributed by atoms with van der Waals surface area (Å²) >= 11 is -1.83. The van der Waals surface area contributed by atoms with Gasteiger partial charge in [0.2, 0.25) is 0 Å². The maximum Gasteiger partial charge on any atom is 0.124 e. The summed E-state index contributed by atoms with van der Waals surface area (Å²) in [6, 6.07) is 49.9. The minimum absolute atomic E-state index is 0. The first-order valence-electron chi connectivity index (χ1n) is 20.5. The summed E-state index contributed by atoms with van der Waals surface area (Å²) in [4.78, 5) is 9.15. The van der Waals surface area contributed by atoms with Crippen molar-refractivity contribution in [1.29, 1.82) is 0 Å². The molecular formula is C50H46GeIrN2O-2. The van der Waals surface area contributed by atoms with Crippen LogP contribution in [-0.2, 0) is 26.5 Å². The van der Waals surface area contributed by atoms with Crippen molar-refractivity contribution >= 4 is 39.6 Å². The Balaban J connectivity index is 0.000000208. The molecule has 277 valence electrons. The minimum Gasteiger partial charge on any atom is -0.477 e. The van der Waals surface area contributed by atoms with Crippen molar-refractivity contribution < 1.29 is 28.6 Å². The molecule has 3 nitrogen and oxygen atoms in total. The molecule has 8 aromatic rings. The number of furan rings is 1. The zero-order valence-electron chi connectivity index (χ0n) is 34.5. The zero-order valence-corrected chi connectivity index (χ0v) is 36.0. The Kier molecular flexibility index (Phi) is 10.8. The number of hydrogen-bond acceptors (Lipinski definition) is 3. The average Bonchev–Trinajstić information content (AvgIpc) is 3.88. The molecule has 0 amide bonds. The Morgan fingerprint density at radius 2 is 1.51 bits per heavy atom. The van der Waals surface area contributed by atoms with Crippen molar-refractivity contribution in [2.45, 2.75) is 56.2 Å². The van der Waals surface area contributed by atoms with Crippen LogP contribution in [-0.4, -0.2) is 23.2 Å². The molecule has 55 heavy (non-hydrogen) atoms. The summed E-state index contributed by atoms with van der Waals surface area (Å²) in [6.07, 6.45) is 10.5. The van der Waals surface area contributed by atoms with E-state index in [0.29, 0.717) is 5.56 Å². The van der Waals surface area contributed by atoms with Crippen LogP contribution in [0.1, 0.15) is 40.9 Å². The summed E-state index contributed by atoms with van der Waals surface area (Å²) in [7, 11) is 0. The summed E-state index contributed by atoms with van der Waals surface area (Å²) in [5.41, 5.74) is 11.7. The first kappa shape index (κ1) is 34.9. The standard InChI is InChI=1S/C35H28NO.C15H18GeN.Ir/c1-2-9-26(10-3-1)27-13-15-28(16-14-27)30-11-6-12-33-35(30)31-18-17-29(23-34(31)37-33)32-22-25(19-20-36-32)21-24-7-4-5-8-24;1-12-5-7-13(8-6-12)15-10-9-14(11-17-15)16(2,3)4;/h1-3,6,9-20,22,24H,4-5,7-8,21H2;5-7,9-11H,1-4H3;/q2*-1;/i;1D3;. The van der Waals surface area contributed by atoms with Crippen molar-refractivity contribution in [3.8, 4) is 44.8 Å². The van der Waals surface area contributed by atoms with E-state index in [1.807, 2.05) is 30.6 Å². The van der Waals surface area contributed by atoms with Crippen LogP contribution in [0.2, 0.25) is 17.3 Å². The molecule has 1 aliphatic rings. The van der Waals surface area contributed by atoms with Gasteiger partial charge in [0.1, 0.15) is 5.58 Å². The fourth-order valence-electron chi connectivity index (χ4n) is 7.50. The van der Waals surface area contributed by atoms with Gasteiger partial charge in [0.25, 0.3) is 0 Å². The average molecular weight is 959 g/mol. The molecule has 0 aliphatic heterocycles. The Labute approximate surface area is 346 Å². The molecule has 5 aromatic carbocycles. The number of rotatable bonds is 7. The van der Waals surface area contributed by atoms with Gasteiger partial charge in [0.15, 0.2) is 0 Å².